The molecule has 7 heteroatoms. The van der Waals surface area contributed by atoms with Crippen LogP contribution in [0.4, 0.5) is 11.4 Å². The molecule has 1 aliphatic rings. The molecule has 2 aromatic carbocycles. The molecule has 0 bridgehead atoms. The van der Waals surface area contributed by atoms with Gasteiger partial charge >= 0.3 is 5.97 Å². The molecular weight excluding hydrogens is 348 g/mol. The van der Waals surface area contributed by atoms with E-state index in [2.05, 4.69) is 10.1 Å². The summed E-state index contributed by atoms with van der Waals surface area (Å²) in [6.45, 7) is 0.304. The lowest BCUT2D eigenvalue weighted by Gasteiger charge is -2.17. The number of amides is 2. The molecule has 1 saturated heterocycles. The number of nitrogens with zero attached hydrogens (tertiary/aromatic N) is 1. The normalized spacial score (nSPS) is 16.1. The zero-order valence-corrected chi connectivity index (χ0v) is 15.1. The Morgan fingerprint density at radius 1 is 1.11 bits per heavy atom. The largest absolute Gasteiger partial charge is 0.497 e. The van der Waals surface area contributed by atoms with Gasteiger partial charge in [0, 0.05) is 30.4 Å². The Bertz CT molecular complexity index is 863. The molecule has 27 heavy (non-hydrogen) atoms. The third-order valence-corrected chi connectivity index (χ3v) is 4.43. The standard InChI is InChI=1S/C20H20N2O5/c1-26-17-5-3-4-16(11-17)22-12-14(10-18(22)23)19(24)21-15-8-6-13(7-9-15)20(25)27-2/h3-9,11,14H,10,12H2,1-2H3,(H,21,24)/t14-/m0/s1. The van der Waals surface area contributed by atoms with Gasteiger partial charge in [0.15, 0.2) is 0 Å². The fourth-order valence-corrected chi connectivity index (χ4v) is 2.96. The lowest BCUT2D eigenvalue weighted by atomic mass is 10.1. The quantitative estimate of drug-likeness (QED) is 0.820. The van der Waals surface area contributed by atoms with E-state index in [9.17, 15) is 14.4 Å². The Morgan fingerprint density at radius 3 is 2.52 bits per heavy atom. The molecule has 0 aromatic heterocycles. The first-order valence-corrected chi connectivity index (χ1v) is 8.45. The van der Waals surface area contributed by atoms with Crippen molar-refractivity contribution < 1.29 is 23.9 Å². The first-order valence-electron chi connectivity index (χ1n) is 8.45. The highest BCUT2D eigenvalue weighted by Crippen LogP contribution is 2.28. The molecule has 3 rings (SSSR count). The first-order chi connectivity index (χ1) is 13.0. The number of nitrogens with one attached hydrogen (secondary N) is 1. The number of hydrogen-bond donors (Lipinski definition) is 1. The highest BCUT2D eigenvalue weighted by molar-refractivity contribution is 6.03. The van der Waals surface area contributed by atoms with Gasteiger partial charge in [-0.25, -0.2) is 4.79 Å². The second-order valence-electron chi connectivity index (χ2n) is 6.17. The van der Waals surface area contributed by atoms with Gasteiger partial charge in [-0.3, -0.25) is 9.59 Å². The highest BCUT2D eigenvalue weighted by Gasteiger charge is 2.35. The zero-order chi connectivity index (χ0) is 19.4. The van der Waals surface area contributed by atoms with Crippen LogP contribution in [0.3, 0.4) is 0 Å². The number of anilines is 2. The van der Waals surface area contributed by atoms with Gasteiger partial charge in [0.2, 0.25) is 11.8 Å². The second-order valence-corrected chi connectivity index (χ2v) is 6.17. The van der Waals surface area contributed by atoms with E-state index < -0.39 is 11.9 Å². The summed E-state index contributed by atoms with van der Waals surface area (Å²) in [6.07, 6.45) is 0.142. The summed E-state index contributed by atoms with van der Waals surface area (Å²) in [5, 5.41) is 2.79. The van der Waals surface area contributed by atoms with Crippen LogP contribution in [-0.2, 0) is 14.3 Å². The Labute approximate surface area is 156 Å². The Hall–Kier alpha value is -3.35. The van der Waals surface area contributed by atoms with Crippen molar-refractivity contribution in [3.63, 3.8) is 0 Å². The van der Waals surface area contributed by atoms with E-state index >= 15 is 0 Å². The van der Waals surface area contributed by atoms with Crippen LogP contribution in [0, 0.1) is 5.92 Å². The van der Waals surface area contributed by atoms with Crippen LogP contribution in [0.2, 0.25) is 0 Å². The van der Waals surface area contributed by atoms with Crippen molar-refractivity contribution in [1.29, 1.82) is 0 Å². The van der Waals surface area contributed by atoms with Crippen molar-refractivity contribution in [3.8, 4) is 5.75 Å². The Morgan fingerprint density at radius 2 is 1.85 bits per heavy atom. The number of methoxy groups -OCH3 is 2. The summed E-state index contributed by atoms with van der Waals surface area (Å²) in [4.78, 5) is 37.9. The third-order valence-electron chi connectivity index (χ3n) is 4.43. The van der Waals surface area contributed by atoms with Crippen LogP contribution in [0.25, 0.3) is 0 Å². The maximum atomic E-state index is 12.5. The number of ether oxygens (including phenoxy) is 2. The zero-order valence-electron chi connectivity index (χ0n) is 15.1. The van der Waals surface area contributed by atoms with Crippen molar-refractivity contribution >= 4 is 29.2 Å². The lowest BCUT2D eigenvalue weighted by molar-refractivity contribution is -0.122. The van der Waals surface area contributed by atoms with Crippen molar-refractivity contribution in [1.82, 2.24) is 0 Å². The van der Waals surface area contributed by atoms with Gasteiger partial charge < -0.3 is 19.7 Å². The van der Waals surface area contributed by atoms with Gasteiger partial charge in [-0.1, -0.05) is 6.07 Å². The predicted molar refractivity (Wildman–Crippen MR) is 99.9 cm³/mol. The van der Waals surface area contributed by atoms with Crippen molar-refractivity contribution in [2.45, 2.75) is 6.42 Å². The SMILES string of the molecule is COC(=O)c1ccc(NC(=O)[C@H]2CC(=O)N(c3cccc(OC)c3)C2)cc1. The summed E-state index contributed by atoms with van der Waals surface area (Å²) in [5.74, 6) is -0.588. The average Bonchev–Trinajstić information content (AvgIpc) is 3.10. The molecule has 0 aliphatic carbocycles. The lowest BCUT2D eigenvalue weighted by Crippen LogP contribution is -2.28. The van der Waals surface area contributed by atoms with Gasteiger partial charge in [-0.2, -0.15) is 0 Å². The van der Waals surface area contributed by atoms with Crippen molar-refractivity contribution in [3.05, 3.63) is 54.1 Å². The summed E-state index contributed by atoms with van der Waals surface area (Å²) < 4.78 is 9.83. The molecule has 2 amide bonds. The van der Waals surface area contributed by atoms with E-state index in [1.54, 1.807) is 54.5 Å². The predicted octanol–water partition coefficient (Wildman–Crippen LogP) is 2.47. The molecule has 1 aliphatic heterocycles. The summed E-state index contributed by atoms with van der Waals surface area (Å²) in [5.41, 5.74) is 1.66. The maximum Gasteiger partial charge on any atom is 0.337 e. The number of benzene rings is 2. The van der Waals surface area contributed by atoms with Crippen molar-refractivity contribution in [2.75, 3.05) is 31.0 Å². The molecule has 0 radical (unpaired) electrons. The number of rotatable bonds is 5. The van der Waals surface area contributed by atoms with Crippen LogP contribution >= 0.6 is 0 Å². The minimum absolute atomic E-state index is 0.107. The molecule has 1 atom stereocenters. The number of carbonyl (C=O) groups is 3. The van der Waals surface area contributed by atoms with Gasteiger partial charge in [0.25, 0.3) is 0 Å². The molecule has 1 heterocycles. The fourth-order valence-electron chi connectivity index (χ4n) is 2.96. The molecule has 1 fully saturated rings. The van der Waals surface area contributed by atoms with E-state index in [-0.39, 0.29) is 18.2 Å². The molecule has 7 nitrogen and oxygen atoms in total. The highest BCUT2D eigenvalue weighted by atomic mass is 16.5. The Kier molecular flexibility index (Phi) is 5.40. The van der Waals surface area contributed by atoms with E-state index in [1.165, 1.54) is 7.11 Å². The summed E-state index contributed by atoms with van der Waals surface area (Å²) in [7, 11) is 2.87. The van der Waals surface area contributed by atoms with Crippen LogP contribution in [0.1, 0.15) is 16.8 Å². The van der Waals surface area contributed by atoms with Gasteiger partial charge in [-0.15, -0.1) is 0 Å². The molecule has 1 N–H and O–H groups in total. The van der Waals surface area contributed by atoms with E-state index in [1.807, 2.05) is 6.07 Å². The molecule has 0 saturated carbocycles. The molecule has 0 unspecified atom stereocenters. The van der Waals surface area contributed by atoms with Crippen LogP contribution in [-0.4, -0.2) is 38.5 Å². The third kappa shape index (κ3) is 4.08. The van der Waals surface area contributed by atoms with Crippen LogP contribution < -0.4 is 15.0 Å². The average molecular weight is 368 g/mol. The molecular formula is C20H20N2O5. The Balaban J connectivity index is 1.66. The van der Waals surface area contributed by atoms with E-state index in [4.69, 9.17) is 4.74 Å². The number of esters is 1. The minimum Gasteiger partial charge on any atom is -0.497 e. The molecule has 2 aromatic rings. The molecule has 140 valence electrons. The smallest absolute Gasteiger partial charge is 0.337 e. The second kappa shape index (κ2) is 7.90. The van der Waals surface area contributed by atoms with Crippen LogP contribution in [0.15, 0.2) is 48.5 Å². The van der Waals surface area contributed by atoms with Crippen LogP contribution in [0.5, 0.6) is 5.75 Å². The fraction of sp³-hybridized carbons (Fsp3) is 0.250. The summed E-state index contributed by atoms with van der Waals surface area (Å²) >= 11 is 0. The maximum absolute atomic E-state index is 12.5. The van der Waals surface area contributed by atoms with Gasteiger partial charge in [0.05, 0.1) is 25.7 Å². The van der Waals surface area contributed by atoms with E-state index in [0.29, 0.717) is 29.2 Å². The molecule has 0 spiro atoms. The van der Waals surface area contributed by atoms with E-state index in [0.717, 1.165) is 0 Å². The summed E-state index contributed by atoms with van der Waals surface area (Å²) in [6, 6.07) is 13.6. The van der Waals surface area contributed by atoms with Gasteiger partial charge in [0.1, 0.15) is 5.75 Å². The number of carbonyl (C=O) groups excluding carboxylic acids is 3. The van der Waals surface area contributed by atoms with Crippen molar-refractivity contribution in [2.24, 2.45) is 5.92 Å². The van der Waals surface area contributed by atoms with Gasteiger partial charge in [-0.05, 0) is 36.4 Å². The topological polar surface area (TPSA) is 84.9 Å². The minimum atomic E-state index is -0.455. The number of hydrogen-bond acceptors (Lipinski definition) is 5. The monoisotopic (exact) mass is 368 g/mol. The first kappa shape index (κ1) is 18.4.